The Kier molecular flexibility index (Phi) is 4.58. The molecule has 19 heavy (non-hydrogen) atoms. The summed E-state index contributed by atoms with van der Waals surface area (Å²) in [4.78, 5) is 23.1. The third-order valence-corrected chi connectivity index (χ3v) is 4.07. The molecule has 0 radical (unpaired) electrons. The summed E-state index contributed by atoms with van der Waals surface area (Å²) in [6.45, 7) is 0. The molecule has 0 spiro atoms. The van der Waals surface area contributed by atoms with Crippen molar-refractivity contribution in [2.75, 3.05) is 12.4 Å². The first-order chi connectivity index (χ1) is 9.11. The Morgan fingerprint density at radius 1 is 1.42 bits per heavy atom. The molecule has 1 aliphatic rings. The average molecular weight is 326 g/mol. The van der Waals surface area contributed by atoms with Crippen LogP contribution in [0, 0.1) is 0 Å². The fourth-order valence-corrected chi connectivity index (χ4v) is 2.80. The zero-order valence-corrected chi connectivity index (χ0v) is 12.3. The van der Waals surface area contributed by atoms with Crippen molar-refractivity contribution in [2.45, 2.75) is 31.7 Å². The highest BCUT2D eigenvalue weighted by Gasteiger charge is 2.24. The van der Waals surface area contributed by atoms with Gasteiger partial charge in [-0.1, -0.05) is 22.0 Å². The number of carbonyl (C=O) groups is 2. The number of Topliss-reactive ketones (excluding diaryl/α,β-unsaturated/α-hetero) is 1. The monoisotopic (exact) mass is 325 g/mol. The van der Waals surface area contributed by atoms with Gasteiger partial charge in [-0.25, -0.2) is 0 Å². The van der Waals surface area contributed by atoms with E-state index in [1.165, 1.54) is 12.7 Å². The van der Waals surface area contributed by atoms with Crippen molar-refractivity contribution in [1.82, 2.24) is 0 Å². The van der Waals surface area contributed by atoms with Crippen molar-refractivity contribution in [1.29, 1.82) is 0 Å². The fraction of sp³-hybridized carbons (Fsp3) is 0.429. The van der Waals surface area contributed by atoms with Crippen molar-refractivity contribution in [3.8, 4) is 0 Å². The van der Waals surface area contributed by atoms with Gasteiger partial charge < -0.3 is 10.1 Å². The first-order valence-corrected chi connectivity index (χ1v) is 7.04. The number of ketones is 1. The van der Waals surface area contributed by atoms with Crippen molar-refractivity contribution in [2.24, 2.45) is 0 Å². The number of benzene rings is 1. The number of anilines is 1. The molecule has 0 fully saturated rings. The van der Waals surface area contributed by atoms with E-state index in [9.17, 15) is 9.59 Å². The predicted molar refractivity (Wildman–Crippen MR) is 76.1 cm³/mol. The molecule has 1 aromatic rings. The van der Waals surface area contributed by atoms with Gasteiger partial charge in [0, 0.05) is 16.6 Å². The Bertz CT molecular complexity index is 501. The number of rotatable bonds is 4. The van der Waals surface area contributed by atoms with Crippen LogP contribution in [0.1, 0.15) is 24.8 Å². The Morgan fingerprint density at radius 2 is 2.21 bits per heavy atom. The second-order valence-electron chi connectivity index (χ2n) is 4.54. The summed E-state index contributed by atoms with van der Waals surface area (Å²) >= 11 is 3.51. The second kappa shape index (κ2) is 6.19. The van der Waals surface area contributed by atoms with Gasteiger partial charge in [0.1, 0.15) is 0 Å². The second-order valence-corrected chi connectivity index (χ2v) is 5.40. The lowest BCUT2D eigenvalue weighted by molar-refractivity contribution is -0.142. The molecular formula is C14H16BrNO3. The number of esters is 1. The zero-order valence-electron chi connectivity index (χ0n) is 10.7. The lowest BCUT2D eigenvalue weighted by Gasteiger charge is -2.26. The van der Waals surface area contributed by atoms with E-state index in [1.54, 1.807) is 0 Å². The molecule has 1 aliphatic heterocycles. The van der Waals surface area contributed by atoms with Gasteiger partial charge in [-0.05, 0) is 30.5 Å². The van der Waals surface area contributed by atoms with Gasteiger partial charge in [-0.2, -0.15) is 0 Å². The molecule has 0 amide bonds. The summed E-state index contributed by atoms with van der Waals surface area (Å²) in [6, 6.07) is 5.71. The summed E-state index contributed by atoms with van der Waals surface area (Å²) in [5.74, 6) is -0.275. The summed E-state index contributed by atoms with van der Waals surface area (Å²) in [6.07, 6.45) is 2.00. The molecule has 0 saturated heterocycles. The molecule has 0 saturated carbocycles. The van der Waals surface area contributed by atoms with Gasteiger partial charge in [-0.3, -0.25) is 9.59 Å². The smallest absolute Gasteiger partial charge is 0.305 e. The van der Waals surface area contributed by atoms with E-state index in [0.29, 0.717) is 0 Å². The van der Waals surface area contributed by atoms with Gasteiger partial charge in [0.05, 0.1) is 19.6 Å². The third-order valence-electron chi connectivity index (χ3n) is 3.32. The number of carbonyl (C=O) groups excluding carboxylic acids is 2. The number of fused-ring (bicyclic) bond motifs is 1. The Hall–Kier alpha value is -1.36. The largest absolute Gasteiger partial charge is 0.469 e. The van der Waals surface area contributed by atoms with Crippen LogP contribution in [0.15, 0.2) is 22.7 Å². The zero-order chi connectivity index (χ0) is 13.8. The van der Waals surface area contributed by atoms with Gasteiger partial charge in [0.15, 0.2) is 5.78 Å². The lowest BCUT2D eigenvalue weighted by Crippen LogP contribution is -2.33. The van der Waals surface area contributed by atoms with E-state index in [1.807, 2.05) is 18.2 Å². The van der Waals surface area contributed by atoms with Crippen molar-refractivity contribution in [3.05, 3.63) is 28.2 Å². The minimum absolute atomic E-state index is 0.0658. The normalized spacial score (nSPS) is 17.3. The SMILES string of the molecule is COC(=O)CCC(=O)C1CCc2c(Br)cccc2N1. The lowest BCUT2D eigenvalue weighted by atomic mass is 9.94. The first kappa shape index (κ1) is 14.1. The van der Waals surface area contributed by atoms with Crippen LogP contribution in [0.4, 0.5) is 5.69 Å². The molecule has 1 heterocycles. The maximum Gasteiger partial charge on any atom is 0.305 e. The van der Waals surface area contributed by atoms with Crippen molar-refractivity contribution in [3.63, 3.8) is 0 Å². The molecule has 0 bridgehead atoms. The van der Waals surface area contributed by atoms with E-state index in [-0.39, 0.29) is 30.6 Å². The Balaban J connectivity index is 1.98. The van der Waals surface area contributed by atoms with E-state index in [2.05, 4.69) is 26.0 Å². The molecule has 1 atom stereocenters. The maximum absolute atomic E-state index is 12.0. The Morgan fingerprint density at radius 3 is 2.95 bits per heavy atom. The molecule has 1 N–H and O–H groups in total. The van der Waals surface area contributed by atoms with Crippen LogP contribution in [0.3, 0.4) is 0 Å². The van der Waals surface area contributed by atoms with Gasteiger partial charge >= 0.3 is 5.97 Å². The van der Waals surface area contributed by atoms with Crippen LogP contribution in [-0.4, -0.2) is 24.9 Å². The number of hydrogen-bond acceptors (Lipinski definition) is 4. The molecular weight excluding hydrogens is 310 g/mol. The van der Waals surface area contributed by atoms with Gasteiger partial charge in [0.25, 0.3) is 0 Å². The molecule has 1 aromatic carbocycles. The highest BCUT2D eigenvalue weighted by Crippen LogP contribution is 2.31. The van der Waals surface area contributed by atoms with E-state index < -0.39 is 0 Å². The van der Waals surface area contributed by atoms with Gasteiger partial charge in [0.2, 0.25) is 0 Å². The van der Waals surface area contributed by atoms with Crippen LogP contribution in [0.2, 0.25) is 0 Å². The summed E-state index contributed by atoms with van der Waals surface area (Å²) in [7, 11) is 1.33. The number of ether oxygens (including phenoxy) is 1. The van der Waals surface area contributed by atoms with E-state index in [4.69, 9.17) is 0 Å². The molecule has 2 rings (SSSR count). The summed E-state index contributed by atoms with van der Waals surface area (Å²) < 4.78 is 5.61. The minimum Gasteiger partial charge on any atom is -0.469 e. The topological polar surface area (TPSA) is 55.4 Å². The summed E-state index contributed by atoms with van der Waals surface area (Å²) in [5, 5.41) is 3.25. The van der Waals surface area contributed by atoms with Crippen molar-refractivity contribution < 1.29 is 14.3 Å². The standard InChI is InChI=1S/C14H16BrNO3/c1-19-14(18)8-7-13(17)12-6-5-9-10(15)3-2-4-11(9)16-12/h2-4,12,16H,5-8H2,1H3. The van der Waals surface area contributed by atoms with E-state index >= 15 is 0 Å². The predicted octanol–water partition coefficient (Wildman–Crippen LogP) is 2.70. The number of halogens is 1. The molecule has 4 nitrogen and oxygen atoms in total. The number of methoxy groups -OCH3 is 1. The molecule has 102 valence electrons. The Labute approximate surface area is 120 Å². The number of nitrogens with one attached hydrogen (secondary N) is 1. The first-order valence-electron chi connectivity index (χ1n) is 6.25. The molecule has 0 aliphatic carbocycles. The van der Waals surface area contributed by atoms with Crippen LogP contribution >= 0.6 is 15.9 Å². The summed E-state index contributed by atoms with van der Waals surface area (Å²) in [5.41, 5.74) is 2.21. The van der Waals surface area contributed by atoms with Crippen molar-refractivity contribution >= 4 is 33.4 Å². The molecule has 5 heteroatoms. The molecule has 0 aromatic heterocycles. The highest BCUT2D eigenvalue weighted by molar-refractivity contribution is 9.10. The van der Waals surface area contributed by atoms with Crippen LogP contribution in [0.5, 0.6) is 0 Å². The van der Waals surface area contributed by atoms with Crippen LogP contribution < -0.4 is 5.32 Å². The van der Waals surface area contributed by atoms with Crippen LogP contribution in [0.25, 0.3) is 0 Å². The minimum atomic E-state index is -0.340. The fourth-order valence-electron chi connectivity index (χ4n) is 2.24. The highest BCUT2D eigenvalue weighted by atomic mass is 79.9. The average Bonchev–Trinajstić information content (AvgIpc) is 2.44. The van der Waals surface area contributed by atoms with E-state index in [0.717, 1.165) is 23.0 Å². The number of hydrogen-bond donors (Lipinski definition) is 1. The van der Waals surface area contributed by atoms with Gasteiger partial charge in [-0.15, -0.1) is 0 Å². The van der Waals surface area contributed by atoms with Crippen LogP contribution in [-0.2, 0) is 20.7 Å². The maximum atomic E-state index is 12.0. The third kappa shape index (κ3) is 3.35. The molecule has 1 unspecified atom stereocenters. The quantitative estimate of drug-likeness (QED) is 0.865.